The van der Waals surface area contributed by atoms with Crippen molar-refractivity contribution in [1.82, 2.24) is 20.2 Å². The largest absolute Gasteiger partial charge is 0.447 e. The molecule has 0 aliphatic heterocycles. The van der Waals surface area contributed by atoms with Crippen LogP contribution in [-0.2, 0) is 19.5 Å². The Morgan fingerprint density at radius 2 is 1.90 bits per heavy atom. The van der Waals surface area contributed by atoms with E-state index in [4.69, 9.17) is 16.0 Å². The van der Waals surface area contributed by atoms with Gasteiger partial charge in [-0.25, -0.2) is 4.98 Å². The van der Waals surface area contributed by atoms with Gasteiger partial charge in [-0.2, -0.15) is 0 Å². The third kappa shape index (κ3) is 6.91. The lowest BCUT2D eigenvalue weighted by atomic mass is 10.0. The summed E-state index contributed by atoms with van der Waals surface area (Å²) in [4.78, 5) is 23.4. The Bertz CT molecular complexity index is 957. The SMILES string of the molecule is CC(C)[C@H](C)N(Cc1ccc(Cl)cc1)Cc1nc(C(=O)NCCc2ccccn2)co1. The molecule has 0 aliphatic carbocycles. The number of aromatic nitrogens is 2. The van der Waals surface area contributed by atoms with Crippen LogP contribution in [0.2, 0.25) is 5.02 Å². The lowest BCUT2D eigenvalue weighted by molar-refractivity contribution is 0.0949. The van der Waals surface area contributed by atoms with Crippen LogP contribution in [-0.4, -0.2) is 33.4 Å². The summed E-state index contributed by atoms with van der Waals surface area (Å²) >= 11 is 6.01. The highest BCUT2D eigenvalue weighted by atomic mass is 35.5. The van der Waals surface area contributed by atoms with Gasteiger partial charge in [-0.3, -0.25) is 14.7 Å². The molecule has 2 aromatic heterocycles. The van der Waals surface area contributed by atoms with Gasteiger partial charge < -0.3 is 9.73 Å². The van der Waals surface area contributed by atoms with Gasteiger partial charge in [0.25, 0.3) is 5.91 Å². The topological polar surface area (TPSA) is 71.3 Å². The van der Waals surface area contributed by atoms with Gasteiger partial charge in [0.05, 0.1) is 6.54 Å². The van der Waals surface area contributed by atoms with Crippen molar-refractivity contribution in [3.8, 4) is 0 Å². The Labute approximate surface area is 188 Å². The van der Waals surface area contributed by atoms with Crippen LogP contribution in [0.1, 0.15) is 48.4 Å². The predicted molar refractivity (Wildman–Crippen MR) is 122 cm³/mol. The maximum absolute atomic E-state index is 12.4. The molecular formula is C24H29ClN4O2. The molecule has 3 rings (SSSR count). The number of pyridine rings is 1. The van der Waals surface area contributed by atoms with Crippen molar-refractivity contribution in [2.75, 3.05) is 6.54 Å². The molecule has 6 nitrogen and oxygen atoms in total. The van der Waals surface area contributed by atoms with Crippen LogP contribution in [0.5, 0.6) is 0 Å². The summed E-state index contributed by atoms with van der Waals surface area (Å²) in [5, 5.41) is 3.59. The average molecular weight is 441 g/mol. The van der Waals surface area contributed by atoms with Gasteiger partial charge in [0.2, 0.25) is 5.89 Å². The van der Waals surface area contributed by atoms with E-state index >= 15 is 0 Å². The van der Waals surface area contributed by atoms with Gasteiger partial charge in [0.15, 0.2) is 5.69 Å². The summed E-state index contributed by atoms with van der Waals surface area (Å²) in [5.41, 5.74) is 2.39. The molecule has 0 spiro atoms. The highest BCUT2D eigenvalue weighted by molar-refractivity contribution is 6.30. The van der Waals surface area contributed by atoms with Crippen molar-refractivity contribution in [2.45, 2.75) is 46.3 Å². The maximum atomic E-state index is 12.4. The fraction of sp³-hybridized carbons (Fsp3) is 0.375. The van der Waals surface area contributed by atoms with Crippen LogP contribution in [0.15, 0.2) is 59.3 Å². The zero-order chi connectivity index (χ0) is 22.2. The minimum absolute atomic E-state index is 0.243. The van der Waals surface area contributed by atoms with Crippen LogP contribution in [0.25, 0.3) is 0 Å². The Hall–Kier alpha value is -2.70. The summed E-state index contributed by atoms with van der Waals surface area (Å²) < 4.78 is 5.62. The van der Waals surface area contributed by atoms with E-state index in [9.17, 15) is 4.79 Å². The second kappa shape index (κ2) is 11.1. The van der Waals surface area contributed by atoms with E-state index in [0.29, 0.717) is 43.1 Å². The quantitative estimate of drug-likeness (QED) is 0.493. The Morgan fingerprint density at radius 1 is 1.13 bits per heavy atom. The van der Waals surface area contributed by atoms with Crippen molar-refractivity contribution in [1.29, 1.82) is 0 Å². The summed E-state index contributed by atoms with van der Waals surface area (Å²) in [6.45, 7) is 8.32. The van der Waals surface area contributed by atoms with Gasteiger partial charge in [-0.1, -0.05) is 43.6 Å². The van der Waals surface area contributed by atoms with Gasteiger partial charge >= 0.3 is 0 Å². The van der Waals surface area contributed by atoms with Gasteiger partial charge in [-0.05, 0) is 42.7 Å². The van der Waals surface area contributed by atoms with Crippen LogP contribution >= 0.6 is 11.6 Å². The third-order valence-electron chi connectivity index (χ3n) is 5.36. The minimum Gasteiger partial charge on any atom is -0.447 e. The van der Waals surface area contributed by atoms with E-state index in [-0.39, 0.29) is 5.91 Å². The molecule has 0 bridgehead atoms. The van der Waals surface area contributed by atoms with E-state index in [0.717, 1.165) is 22.8 Å². The lowest BCUT2D eigenvalue weighted by Gasteiger charge is -2.30. The number of hydrogen-bond acceptors (Lipinski definition) is 5. The van der Waals surface area contributed by atoms with Crippen molar-refractivity contribution in [3.63, 3.8) is 0 Å². The third-order valence-corrected chi connectivity index (χ3v) is 5.61. The maximum Gasteiger partial charge on any atom is 0.273 e. The molecule has 7 heteroatoms. The lowest BCUT2D eigenvalue weighted by Crippen LogP contribution is -2.36. The number of hydrogen-bond donors (Lipinski definition) is 1. The number of carbonyl (C=O) groups is 1. The standard InChI is InChI=1S/C24H29ClN4O2/c1-17(2)18(3)29(14-19-7-9-20(25)10-8-19)15-23-28-22(16-31-23)24(30)27-13-11-21-6-4-5-12-26-21/h4-10,12,16-18H,11,13-15H2,1-3H3,(H,27,30)/t18-/m0/s1. The first-order valence-corrected chi connectivity index (χ1v) is 10.9. The molecule has 1 amide bonds. The smallest absolute Gasteiger partial charge is 0.273 e. The van der Waals surface area contributed by atoms with Gasteiger partial charge in [-0.15, -0.1) is 0 Å². The fourth-order valence-electron chi connectivity index (χ4n) is 3.19. The number of carbonyl (C=O) groups excluding carboxylic acids is 1. The molecule has 1 aromatic carbocycles. The molecule has 0 saturated heterocycles. The van der Waals surface area contributed by atoms with Crippen LogP contribution in [0, 0.1) is 5.92 Å². The molecule has 0 unspecified atom stereocenters. The molecule has 1 N–H and O–H groups in total. The van der Waals surface area contributed by atoms with Crippen molar-refractivity contribution in [2.24, 2.45) is 5.92 Å². The number of halogens is 1. The predicted octanol–water partition coefficient (Wildman–Crippen LogP) is 4.74. The molecule has 2 heterocycles. The number of rotatable bonds is 10. The van der Waals surface area contributed by atoms with Crippen LogP contribution in [0.4, 0.5) is 0 Å². The number of nitrogens with one attached hydrogen (secondary N) is 1. The monoisotopic (exact) mass is 440 g/mol. The average Bonchev–Trinajstić information content (AvgIpc) is 3.23. The van der Waals surface area contributed by atoms with E-state index < -0.39 is 0 Å². The van der Waals surface area contributed by atoms with E-state index in [1.54, 1.807) is 6.20 Å². The molecule has 0 radical (unpaired) electrons. The van der Waals surface area contributed by atoms with Crippen LogP contribution < -0.4 is 5.32 Å². The number of benzene rings is 1. The molecule has 0 aliphatic rings. The summed E-state index contributed by atoms with van der Waals surface area (Å²) in [6, 6.07) is 13.9. The molecule has 0 fully saturated rings. The van der Waals surface area contributed by atoms with Gasteiger partial charge in [0, 0.05) is 42.5 Å². The van der Waals surface area contributed by atoms with Crippen molar-refractivity contribution in [3.05, 3.63) is 82.8 Å². The second-order valence-corrected chi connectivity index (χ2v) is 8.41. The zero-order valence-electron chi connectivity index (χ0n) is 18.2. The molecule has 31 heavy (non-hydrogen) atoms. The Morgan fingerprint density at radius 3 is 2.58 bits per heavy atom. The minimum atomic E-state index is -0.243. The molecular weight excluding hydrogens is 412 g/mol. The van der Waals surface area contributed by atoms with E-state index in [1.807, 2.05) is 42.5 Å². The Kier molecular flexibility index (Phi) is 8.20. The number of nitrogens with zero attached hydrogens (tertiary/aromatic N) is 3. The van der Waals surface area contributed by atoms with Gasteiger partial charge in [0.1, 0.15) is 6.26 Å². The number of oxazole rings is 1. The first kappa shape index (κ1) is 23.0. The van der Waals surface area contributed by atoms with E-state index in [2.05, 4.69) is 41.0 Å². The Balaban J connectivity index is 1.60. The highest BCUT2D eigenvalue weighted by Gasteiger charge is 2.21. The summed E-state index contributed by atoms with van der Waals surface area (Å²) in [7, 11) is 0. The van der Waals surface area contributed by atoms with E-state index in [1.165, 1.54) is 6.26 Å². The molecule has 164 valence electrons. The molecule has 3 aromatic rings. The summed E-state index contributed by atoms with van der Waals surface area (Å²) in [5.74, 6) is 0.736. The summed E-state index contributed by atoms with van der Waals surface area (Å²) in [6.07, 6.45) is 3.83. The van der Waals surface area contributed by atoms with Crippen molar-refractivity contribution >= 4 is 17.5 Å². The fourth-order valence-corrected chi connectivity index (χ4v) is 3.32. The second-order valence-electron chi connectivity index (χ2n) is 7.97. The highest BCUT2D eigenvalue weighted by Crippen LogP contribution is 2.19. The number of amides is 1. The zero-order valence-corrected chi connectivity index (χ0v) is 19.0. The van der Waals surface area contributed by atoms with Crippen LogP contribution in [0.3, 0.4) is 0 Å². The first-order chi connectivity index (χ1) is 14.9. The molecule has 0 saturated carbocycles. The van der Waals surface area contributed by atoms with Crippen molar-refractivity contribution < 1.29 is 9.21 Å². The molecule has 1 atom stereocenters. The first-order valence-electron chi connectivity index (χ1n) is 10.5. The normalized spacial score (nSPS) is 12.3.